The third-order valence-corrected chi connectivity index (χ3v) is 4.08. The third-order valence-electron chi connectivity index (χ3n) is 4.08. The van der Waals surface area contributed by atoms with Crippen LogP contribution in [0.4, 0.5) is 5.69 Å². The molecule has 6 nitrogen and oxygen atoms in total. The van der Waals surface area contributed by atoms with Crippen LogP contribution >= 0.6 is 0 Å². The van der Waals surface area contributed by atoms with E-state index >= 15 is 0 Å². The molecule has 0 saturated carbocycles. The van der Waals surface area contributed by atoms with Crippen LogP contribution in [0.5, 0.6) is 11.5 Å². The SMILES string of the molecule is CCc1ccc(C(C)NC(=O)C(=O)Nc2ccc(OC)c(OC)c2)cc1. The highest BCUT2D eigenvalue weighted by Gasteiger charge is 2.18. The maximum atomic E-state index is 12.2. The molecule has 138 valence electrons. The van der Waals surface area contributed by atoms with Crippen LogP contribution in [0.15, 0.2) is 42.5 Å². The van der Waals surface area contributed by atoms with Gasteiger partial charge in [0.25, 0.3) is 0 Å². The van der Waals surface area contributed by atoms with Gasteiger partial charge in [-0.3, -0.25) is 9.59 Å². The van der Waals surface area contributed by atoms with Gasteiger partial charge in [-0.1, -0.05) is 31.2 Å². The predicted octanol–water partition coefficient (Wildman–Crippen LogP) is 3.08. The van der Waals surface area contributed by atoms with Crippen molar-refractivity contribution < 1.29 is 19.1 Å². The van der Waals surface area contributed by atoms with Gasteiger partial charge < -0.3 is 20.1 Å². The average molecular weight is 356 g/mol. The lowest BCUT2D eigenvalue weighted by Crippen LogP contribution is -2.36. The zero-order chi connectivity index (χ0) is 19.1. The first-order chi connectivity index (χ1) is 12.5. The van der Waals surface area contributed by atoms with Gasteiger partial charge in [-0.25, -0.2) is 0 Å². The van der Waals surface area contributed by atoms with Crippen LogP contribution in [0, 0.1) is 0 Å². The van der Waals surface area contributed by atoms with Gasteiger partial charge in [-0.15, -0.1) is 0 Å². The highest BCUT2D eigenvalue weighted by atomic mass is 16.5. The first kappa shape index (κ1) is 19.3. The molecule has 26 heavy (non-hydrogen) atoms. The number of carbonyl (C=O) groups is 2. The van der Waals surface area contributed by atoms with Gasteiger partial charge in [0, 0.05) is 11.8 Å². The molecule has 0 aromatic heterocycles. The zero-order valence-corrected chi connectivity index (χ0v) is 15.5. The fraction of sp³-hybridized carbons (Fsp3) is 0.300. The first-order valence-electron chi connectivity index (χ1n) is 8.41. The number of rotatable bonds is 6. The summed E-state index contributed by atoms with van der Waals surface area (Å²) in [6.07, 6.45) is 0.953. The van der Waals surface area contributed by atoms with Crippen LogP contribution in [0.2, 0.25) is 0 Å². The molecule has 0 spiro atoms. The van der Waals surface area contributed by atoms with E-state index in [0.717, 1.165) is 12.0 Å². The Morgan fingerprint density at radius 3 is 2.19 bits per heavy atom. The minimum absolute atomic E-state index is 0.274. The van der Waals surface area contributed by atoms with Crippen molar-refractivity contribution in [3.8, 4) is 11.5 Å². The quantitative estimate of drug-likeness (QED) is 0.780. The van der Waals surface area contributed by atoms with Crippen molar-refractivity contribution in [1.29, 1.82) is 0 Å². The molecule has 1 unspecified atom stereocenters. The number of benzene rings is 2. The average Bonchev–Trinajstić information content (AvgIpc) is 2.67. The number of amides is 2. The predicted molar refractivity (Wildman–Crippen MR) is 101 cm³/mol. The summed E-state index contributed by atoms with van der Waals surface area (Å²) in [6, 6.07) is 12.6. The Hall–Kier alpha value is -3.02. The summed E-state index contributed by atoms with van der Waals surface area (Å²) < 4.78 is 10.3. The summed E-state index contributed by atoms with van der Waals surface area (Å²) >= 11 is 0. The molecular formula is C20H24N2O4. The van der Waals surface area contributed by atoms with Crippen LogP contribution in [0.25, 0.3) is 0 Å². The van der Waals surface area contributed by atoms with Gasteiger partial charge in [-0.2, -0.15) is 0 Å². The van der Waals surface area contributed by atoms with Crippen molar-refractivity contribution in [2.75, 3.05) is 19.5 Å². The second-order valence-electron chi connectivity index (χ2n) is 5.81. The van der Waals surface area contributed by atoms with Crippen molar-refractivity contribution in [2.45, 2.75) is 26.3 Å². The van der Waals surface area contributed by atoms with Gasteiger partial charge in [-0.05, 0) is 36.6 Å². The van der Waals surface area contributed by atoms with Crippen LogP contribution in [0.1, 0.15) is 31.0 Å². The number of anilines is 1. The lowest BCUT2D eigenvalue weighted by Gasteiger charge is -2.15. The van der Waals surface area contributed by atoms with E-state index in [1.807, 2.05) is 31.2 Å². The van der Waals surface area contributed by atoms with Crippen LogP contribution in [-0.2, 0) is 16.0 Å². The van der Waals surface area contributed by atoms with Crippen LogP contribution in [-0.4, -0.2) is 26.0 Å². The standard InChI is InChI=1S/C20H24N2O4/c1-5-14-6-8-15(9-7-14)13(2)21-19(23)20(24)22-16-10-11-17(25-3)18(12-16)26-4/h6-13H,5H2,1-4H3,(H,21,23)(H,22,24). The molecule has 0 bridgehead atoms. The molecule has 0 radical (unpaired) electrons. The summed E-state index contributed by atoms with van der Waals surface area (Å²) in [7, 11) is 3.03. The molecule has 1 atom stereocenters. The van der Waals surface area contributed by atoms with E-state index in [9.17, 15) is 9.59 Å². The Morgan fingerprint density at radius 1 is 0.962 bits per heavy atom. The molecule has 0 aliphatic rings. The van der Waals surface area contributed by atoms with Crippen molar-refractivity contribution >= 4 is 17.5 Å². The summed E-state index contributed by atoms with van der Waals surface area (Å²) in [5.41, 5.74) is 2.61. The van der Waals surface area contributed by atoms with Gasteiger partial charge in [0.15, 0.2) is 11.5 Å². The molecule has 0 aliphatic heterocycles. The maximum absolute atomic E-state index is 12.2. The lowest BCUT2D eigenvalue weighted by atomic mass is 10.1. The number of hydrogen-bond acceptors (Lipinski definition) is 4. The summed E-state index contributed by atoms with van der Waals surface area (Å²) in [6.45, 7) is 3.92. The summed E-state index contributed by atoms with van der Waals surface area (Å²) in [5.74, 6) is -0.435. The molecular weight excluding hydrogens is 332 g/mol. The molecule has 6 heteroatoms. The largest absolute Gasteiger partial charge is 0.493 e. The maximum Gasteiger partial charge on any atom is 0.313 e. The molecule has 0 fully saturated rings. The second-order valence-corrected chi connectivity index (χ2v) is 5.81. The van der Waals surface area contributed by atoms with Crippen molar-refractivity contribution in [3.05, 3.63) is 53.6 Å². The Morgan fingerprint density at radius 2 is 1.62 bits per heavy atom. The zero-order valence-electron chi connectivity index (χ0n) is 15.5. The Bertz CT molecular complexity index is 772. The first-order valence-corrected chi connectivity index (χ1v) is 8.41. The monoisotopic (exact) mass is 356 g/mol. The van der Waals surface area contributed by atoms with Gasteiger partial charge >= 0.3 is 11.8 Å². The molecule has 2 aromatic rings. The number of ether oxygens (including phenoxy) is 2. The van der Waals surface area contributed by atoms with Gasteiger partial charge in [0.2, 0.25) is 0 Å². The fourth-order valence-electron chi connectivity index (χ4n) is 2.49. The smallest absolute Gasteiger partial charge is 0.313 e. The van der Waals surface area contributed by atoms with E-state index in [1.54, 1.807) is 18.2 Å². The topological polar surface area (TPSA) is 76.7 Å². The van der Waals surface area contributed by atoms with Crippen LogP contribution < -0.4 is 20.1 Å². The highest BCUT2D eigenvalue weighted by Crippen LogP contribution is 2.29. The van der Waals surface area contributed by atoms with Crippen molar-refractivity contribution in [3.63, 3.8) is 0 Å². The summed E-state index contributed by atoms with van der Waals surface area (Å²) in [4.78, 5) is 24.3. The number of methoxy groups -OCH3 is 2. The van der Waals surface area contributed by atoms with E-state index in [1.165, 1.54) is 19.8 Å². The molecule has 0 aliphatic carbocycles. The fourth-order valence-corrected chi connectivity index (χ4v) is 2.49. The van der Waals surface area contributed by atoms with E-state index < -0.39 is 11.8 Å². The second kappa shape index (κ2) is 8.89. The van der Waals surface area contributed by atoms with E-state index in [-0.39, 0.29) is 6.04 Å². The number of nitrogens with one attached hydrogen (secondary N) is 2. The third kappa shape index (κ3) is 4.75. The highest BCUT2D eigenvalue weighted by molar-refractivity contribution is 6.39. The Balaban J connectivity index is 1.99. The van der Waals surface area contributed by atoms with Crippen molar-refractivity contribution in [1.82, 2.24) is 5.32 Å². The lowest BCUT2D eigenvalue weighted by molar-refractivity contribution is -0.136. The molecule has 2 aromatic carbocycles. The Kier molecular flexibility index (Phi) is 6.60. The minimum atomic E-state index is -0.741. The normalized spacial score (nSPS) is 11.4. The molecule has 2 N–H and O–H groups in total. The van der Waals surface area contributed by atoms with E-state index in [2.05, 4.69) is 17.6 Å². The molecule has 2 rings (SSSR count). The van der Waals surface area contributed by atoms with E-state index in [0.29, 0.717) is 17.2 Å². The van der Waals surface area contributed by atoms with Crippen molar-refractivity contribution in [2.24, 2.45) is 0 Å². The number of aryl methyl sites for hydroxylation is 1. The van der Waals surface area contributed by atoms with Crippen LogP contribution in [0.3, 0.4) is 0 Å². The van der Waals surface area contributed by atoms with Gasteiger partial charge in [0.05, 0.1) is 20.3 Å². The molecule has 2 amide bonds. The van der Waals surface area contributed by atoms with E-state index in [4.69, 9.17) is 9.47 Å². The summed E-state index contributed by atoms with van der Waals surface area (Å²) in [5, 5.41) is 5.25. The molecule has 0 saturated heterocycles. The number of hydrogen-bond donors (Lipinski definition) is 2. The molecule has 0 heterocycles. The van der Waals surface area contributed by atoms with Gasteiger partial charge in [0.1, 0.15) is 0 Å². The Labute approximate surface area is 153 Å². The minimum Gasteiger partial charge on any atom is -0.493 e. The number of carbonyl (C=O) groups excluding carboxylic acids is 2.